The predicted octanol–water partition coefficient (Wildman–Crippen LogP) is 5.19. The summed E-state index contributed by atoms with van der Waals surface area (Å²) >= 11 is 1.25. The van der Waals surface area contributed by atoms with E-state index in [1.54, 1.807) is 36.4 Å². The van der Waals surface area contributed by atoms with Gasteiger partial charge in [-0.2, -0.15) is 18.4 Å². The zero-order valence-corrected chi connectivity index (χ0v) is 17.3. The van der Waals surface area contributed by atoms with Gasteiger partial charge in [-0.15, -0.1) is 11.3 Å². The van der Waals surface area contributed by atoms with Gasteiger partial charge in [0.05, 0.1) is 5.52 Å². The number of para-hydroxylation sites is 1. The van der Waals surface area contributed by atoms with E-state index in [9.17, 15) is 18.3 Å². The van der Waals surface area contributed by atoms with E-state index >= 15 is 0 Å². The van der Waals surface area contributed by atoms with Crippen molar-refractivity contribution in [3.05, 3.63) is 57.9 Å². The van der Waals surface area contributed by atoms with E-state index in [0.717, 1.165) is 31.7 Å². The highest BCUT2D eigenvalue weighted by Crippen LogP contribution is 2.34. The number of alkyl halides is 3. The molecule has 1 aromatic carbocycles. The molecule has 31 heavy (non-hydrogen) atoms. The van der Waals surface area contributed by atoms with Crippen LogP contribution in [-0.2, 0) is 6.18 Å². The number of anilines is 1. The van der Waals surface area contributed by atoms with Crippen molar-refractivity contribution in [2.45, 2.75) is 50.2 Å². The van der Waals surface area contributed by atoms with Gasteiger partial charge in [-0.3, -0.25) is 5.32 Å². The molecule has 0 aliphatic heterocycles. The van der Waals surface area contributed by atoms with E-state index in [4.69, 9.17) is 5.26 Å². The Morgan fingerprint density at radius 2 is 1.81 bits per heavy atom. The number of fused-ring (bicyclic) bond motifs is 1. The van der Waals surface area contributed by atoms with E-state index in [2.05, 4.69) is 21.7 Å². The van der Waals surface area contributed by atoms with Crippen molar-refractivity contribution in [1.29, 1.82) is 5.26 Å². The predicted molar refractivity (Wildman–Crippen MR) is 114 cm³/mol. The van der Waals surface area contributed by atoms with Gasteiger partial charge in [0, 0.05) is 28.0 Å². The molecule has 162 valence electrons. The van der Waals surface area contributed by atoms with Gasteiger partial charge in [-0.1, -0.05) is 18.2 Å². The van der Waals surface area contributed by atoms with Crippen molar-refractivity contribution in [2.24, 2.45) is 0 Å². The third-order valence-corrected chi connectivity index (χ3v) is 6.54. The van der Waals surface area contributed by atoms with Crippen LogP contribution in [0.3, 0.4) is 0 Å². The highest BCUT2D eigenvalue weighted by atomic mass is 32.1. The quantitative estimate of drug-likeness (QED) is 0.470. The van der Waals surface area contributed by atoms with Crippen molar-refractivity contribution in [2.75, 3.05) is 5.32 Å². The molecule has 3 aromatic rings. The lowest BCUT2D eigenvalue weighted by atomic mass is 9.90. The Labute approximate surface area is 181 Å². The maximum Gasteiger partial charge on any atom is 0.433 e. The summed E-state index contributed by atoms with van der Waals surface area (Å²) in [4.78, 5) is 5.00. The van der Waals surface area contributed by atoms with Crippen molar-refractivity contribution in [1.82, 2.24) is 10.3 Å². The number of aromatic nitrogens is 1. The van der Waals surface area contributed by atoms with E-state index in [1.807, 2.05) is 0 Å². The fraction of sp³-hybridized carbons (Fsp3) is 0.364. The number of halogens is 3. The van der Waals surface area contributed by atoms with Crippen molar-refractivity contribution < 1.29 is 18.3 Å². The molecule has 4 rings (SSSR count). The second-order valence-electron chi connectivity index (χ2n) is 7.65. The lowest BCUT2D eigenvalue weighted by molar-refractivity contribution is -0.140. The molecule has 0 spiro atoms. The highest BCUT2D eigenvalue weighted by molar-refractivity contribution is 7.12. The summed E-state index contributed by atoms with van der Waals surface area (Å²) in [7, 11) is 0. The summed E-state index contributed by atoms with van der Waals surface area (Å²) in [5, 5.41) is 26.4. The Morgan fingerprint density at radius 3 is 2.48 bits per heavy atom. The van der Waals surface area contributed by atoms with Crippen LogP contribution >= 0.6 is 11.3 Å². The smallest absolute Gasteiger partial charge is 0.382 e. The number of hydrogen-bond donors (Lipinski definition) is 3. The monoisotopic (exact) mass is 446 g/mol. The van der Waals surface area contributed by atoms with Crippen LogP contribution in [0.5, 0.6) is 0 Å². The van der Waals surface area contributed by atoms with Crippen LogP contribution in [0.25, 0.3) is 10.9 Å². The maximum absolute atomic E-state index is 13.3. The minimum Gasteiger partial charge on any atom is -0.382 e. The van der Waals surface area contributed by atoms with Crippen LogP contribution in [0.1, 0.15) is 47.4 Å². The number of nitrogens with zero attached hydrogens (tertiary/aromatic N) is 2. The van der Waals surface area contributed by atoms with Crippen LogP contribution in [0.15, 0.2) is 42.5 Å². The Morgan fingerprint density at radius 1 is 1.10 bits per heavy atom. The molecule has 1 atom stereocenters. The topological polar surface area (TPSA) is 81.0 Å². The SMILES string of the molecule is N#Cc1ccc(C(O)NC2CCC(Nc3cc(C(F)(F)F)nc4ccccc34)CC2)s1. The van der Waals surface area contributed by atoms with Crippen LogP contribution < -0.4 is 10.6 Å². The first-order valence-corrected chi connectivity index (χ1v) is 10.8. The first-order chi connectivity index (χ1) is 14.8. The number of pyridine rings is 1. The average molecular weight is 446 g/mol. The fourth-order valence-electron chi connectivity index (χ4n) is 3.93. The maximum atomic E-state index is 13.3. The Hall–Kier alpha value is -2.67. The summed E-state index contributed by atoms with van der Waals surface area (Å²) in [6.07, 6.45) is -2.27. The number of rotatable bonds is 5. The van der Waals surface area contributed by atoms with Crippen LogP contribution in [-0.4, -0.2) is 22.2 Å². The van der Waals surface area contributed by atoms with Crippen molar-refractivity contribution >= 4 is 27.9 Å². The van der Waals surface area contributed by atoms with Crippen molar-refractivity contribution in [3.8, 4) is 6.07 Å². The molecule has 0 radical (unpaired) electrons. The highest BCUT2D eigenvalue weighted by Gasteiger charge is 2.34. The second-order valence-corrected chi connectivity index (χ2v) is 8.76. The number of nitriles is 1. The number of aliphatic hydroxyl groups excluding tert-OH is 1. The van der Waals surface area contributed by atoms with E-state index < -0.39 is 18.1 Å². The van der Waals surface area contributed by atoms with E-state index in [0.29, 0.717) is 26.3 Å². The molecule has 1 aliphatic rings. The zero-order valence-electron chi connectivity index (χ0n) is 16.5. The van der Waals surface area contributed by atoms with Crippen LogP contribution in [0.4, 0.5) is 18.9 Å². The largest absolute Gasteiger partial charge is 0.433 e. The minimum atomic E-state index is -4.51. The zero-order chi connectivity index (χ0) is 22.0. The normalized spacial score (nSPS) is 20.4. The van der Waals surface area contributed by atoms with Crippen LogP contribution in [0.2, 0.25) is 0 Å². The summed E-state index contributed by atoms with van der Waals surface area (Å²) in [6, 6.07) is 13.5. The van der Waals surface area contributed by atoms with Gasteiger partial charge in [0.15, 0.2) is 0 Å². The van der Waals surface area contributed by atoms with Gasteiger partial charge in [0.25, 0.3) is 0 Å². The summed E-state index contributed by atoms with van der Waals surface area (Å²) in [5.41, 5.74) is -0.150. The Bertz CT molecular complexity index is 1100. The molecule has 9 heteroatoms. The lowest BCUT2D eigenvalue weighted by Gasteiger charge is -2.32. The molecule has 0 saturated heterocycles. The van der Waals surface area contributed by atoms with E-state index in [-0.39, 0.29) is 12.1 Å². The number of hydrogen-bond acceptors (Lipinski definition) is 6. The molecule has 1 fully saturated rings. The average Bonchev–Trinajstić information content (AvgIpc) is 3.24. The van der Waals surface area contributed by atoms with Crippen molar-refractivity contribution in [3.63, 3.8) is 0 Å². The molecule has 3 N–H and O–H groups in total. The molecule has 0 amide bonds. The number of benzene rings is 1. The molecular weight excluding hydrogens is 425 g/mol. The fourth-order valence-corrected chi connectivity index (χ4v) is 4.68. The van der Waals surface area contributed by atoms with Gasteiger partial charge in [-0.05, 0) is 49.9 Å². The third kappa shape index (κ3) is 4.98. The van der Waals surface area contributed by atoms with Crippen LogP contribution in [0, 0.1) is 11.3 Å². The Balaban J connectivity index is 1.41. The van der Waals surface area contributed by atoms with Gasteiger partial charge >= 0.3 is 6.18 Å². The molecule has 1 saturated carbocycles. The van der Waals surface area contributed by atoms with Gasteiger partial charge in [0.1, 0.15) is 22.9 Å². The molecule has 1 aliphatic carbocycles. The van der Waals surface area contributed by atoms with Gasteiger partial charge in [0.2, 0.25) is 0 Å². The first kappa shape index (κ1) is 21.6. The molecule has 0 bridgehead atoms. The molecule has 2 aromatic heterocycles. The summed E-state index contributed by atoms with van der Waals surface area (Å²) < 4.78 is 39.8. The standard InChI is InChI=1S/C22H21F3N4OS/c23-22(24,25)20-11-18(16-3-1-2-4-17(16)29-20)27-13-5-7-14(8-6-13)28-21(30)19-10-9-15(12-26)31-19/h1-4,9-11,13-14,21,28,30H,5-8H2,(H,27,29). The number of thiophene rings is 1. The minimum absolute atomic E-state index is 0.0361. The lowest BCUT2D eigenvalue weighted by Crippen LogP contribution is -2.38. The first-order valence-electron chi connectivity index (χ1n) is 10.0. The molecular formula is C22H21F3N4OS. The summed E-state index contributed by atoms with van der Waals surface area (Å²) in [5.74, 6) is 0. The van der Waals surface area contributed by atoms with E-state index in [1.165, 1.54) is 11.3 Å². The second kappa shape index (κ2) is 8.83. The summed E-state index contributed by atoms with van der Waals surface area (Å²) in [6.45, 7) is 0. The van der Waals surface area contributed by atoms with Gasteiger partial charge < -0.3 is 10.4 Å². The third-order valence-electron chi connectivity index (χ3n) is 5.49. The molecule has 5 nitrogen and oxygen atoms in total. The Kier molecular flexibility index (Phi) is 6.14. The van der Waals surface area contributed by atoms with Gasteiger partial charge in [-0.25, -0.2) is 4.98 Å². The molecule has 1 unspecified atom stereocenters. The number of nitrogens with one attached hydrogen (secondary N) is 2. The molecule has 2 heterocycles. The number of aliphatic hydroxyl groups is 1.